The molecular formula is C25H32N4O2S. The van der Waals surface area contributed by atoms with E-state index in [0.717, 1.165) is 50.6 Å². The molecule has 1 saturated heterocycles. The molecule has 0 unspecified atom stereocenters. The minimum atomic E-state index is -0.404. The second-order valence-electron chi connectivity index (χ2n) is 9.54. The van der Waals surface area contributed by atoms with E-state index in [1.54, 1.807) is 11.5 Å². The third-order valence-electron chi connectivity index (χ3n) is 5.58. The first-order valence-corrected chi connectivity index (χ1v) is 12.0. The molecule has 1 amide bonds. The van der Waals surface area contributed by atoms with Crippen LogP contribution >= 0.6 is 11.5 Å². The number of amides is 1. The topological polar surface area (TPSA) is 57.7 Å². The molecule has 1 N–H and O–H groups in total. The van der Waals surface area contributed by atoms with Crippen LogP contribution in [0.5, 0.6) is 0 Å². The summed E-state index contributed by atoms with van der Waals surface area (Å²) in [5.41, 5.74) is 1.99. The summed E-state index contributed by atoms with van der Waals surface area (Å²) in [7, 11) is 0. The lowest BCUT2D eigenvalue weighted by Gasteiger charge is -2.35. The van der Waals surface area contributed by atoms with E-state index in [1.807, 2.05) is 32.9 Å². The van der Waals surface area contributed by atoms with Gasteiger partial charge in [-0.3, -0.25) is 10.2 Å². The van der Waals surface area contributed by atoms with Crippen LogP contribution < -0.4 is 10.2 Å². The van der Waals surface area contributed by atoms with Crippen LogP contribution in [0, 0.1) is 5.41 Å². The van der Waals surface area contributed by atoms with Gasteiger partial charge in [0.25, 0.3) is 0 Å². The lowest BCUT2D eigenvalue weighted by molar-refractivity contribution is 0.118. The van der Waals surface area contributed by atoms with E-state index in [1.165, 1.54) is 15.6 Å². The standard InChI is InChI=1S/C25H32N4O2S/c1-25(2,3)18-31-24(30)26-20-10-8-19(9-11-20)12-13-28-14-16-29(17-15-28)23-21-6-4-5-7-22(21)32-27-23/h4-11H,12-18H2,1-3H3,(H,26,30). The maximum absolute atomic E-state index is 11.9. The van der Waals surface area contributed by atoms with E-state index >= 15 is 0 Å². The molecule has 32 heavy (non-hydrogen) atoms. The molecule has 1 aromatic heterocycles. The van der Waals surface area contributed by atoms with Crippen molar-refractivity contribution in [1.82, 2.24) is 9.27 Å². The molecule has 2 aromatic carbocycles. The van der Waals surface area contributed by atoms with Crippen molar-refractivity contribution in [3.63, 3.8) is 0 Å². The second-order valence-corrected chi connectivity index (χ2v) is 10.3. The Hall–Kier alpha value is -2.64. The molecule has 0 aliphatic carbocycles. The van der Waals surface area contributed by atoms with Gasteiger partial charge in [0.15, 0.2) is 0 Å². The zero-order valence-electron chi connectivity index (χ0n) is 19.1. The predicted octanol–water partition coefficient (Wildman–Crippen LogP) is 5.26. The highest BCUT2D eigenvalue weighted by Crippen LogP contribution is 2.29. The van der Waals surface area contributed by atoms with Gasteiger partial charge in [0.05, 0.1) is 11.3 Å². The number of aromatic nitrogens is 1. The average Bonchev–Trinajstić information content (AvgIpc) is 3.21. The summed E-state index contributed by atoms with van der Waals surface area (Å²) in [4.78, 5) is 16.8. The first-order valence-electron chi connectivity index (χ1n) is 11.2. The third kappa shape index (κ3) is 5.99. The molecule has 4 rings (SSSR count). The van der Waals surface area contributed by atoms with Crippen LogP contribution in [0.2, 0.25) is 0 Å². The predicted molar refractivity (Wildman–Crippen MR) is 133 cm³/mol. The highest BCUT2D eigenvalue weighted by atomic mass is 32.1. The fourth-order valence-electron chi connectivity index (χ4n) is 3.76. The van der Waals surface area contributed by atoms with Crippen molar-refractivity contribution in [3.05, 3.63) is 54.1 Å². The minimum Gasteiger partial charge on any atom is -0.449 e. The Bertz CT molecular complexity index is 1030. The molecule has 7 heteroatoms. The number of ether oxygens (including phenoxy) is 1. The summed E-state index contributed by atoms with van der Waals surface area (Å²) in [6.45, 7) is 11.6. The van der Waals surface area contributed by atoms with Gasteiger partial charge in [0.1, 0.15) is 5.82 Å². The normalized spacial score (nSPS) is 15.2. The van der Waals surface area contributed by atoms with E-state index in [2.05, 4.69) is 51.5 Å². The van der Waals surface area contributed by atoms with Crippen molar-refractivity contribution >= 4 is 39.2 Å². The smallest absolute Gasteiger partial charge is 0.411 e. The first-order chi connectivity index (χ1) is 15.4. The van der Waals surface area contributed by atoms with Crippen molar-refractivity contribution < 1.29 is 9.53 Å². The van der Waals surface area contributed by atoms with Crippen LogP contribution in [0.1, 0.15) is 26.3 Å². The van der Waals surface area contributed by atoms with Gasteiger partial charge < -0.3 is 9.64 Å². The number of hydrogen-bond acceptors (Lipinski definition) is 6. The number of nitrogens with one attached hydrogen (secondary N) is 1. The number of carbonyl (C=O) groups is 1. The number of hydrogen-bond donors (Lipinski definition) is 1. The maximum atomic E-state index is 11.9. The molecular weight excluding hydrogens is 420 g/mol. The molecule has 0 saturated carbocycles. The van der Waals surface area contributed by atoms with Gasteiger partial charge in [0.2, 0.25) is 0 Å². The number of anilines is 2. The molecule has 0 spiro atoms. The monoisotopic (exact) mass is 452 g/mol. The van der Waals surface area contributed by atoms with Crippen molar-refractivity contribution in [2.45, 2.75) is 27.2 Å². The first kappa shape index (κ1) is 22.6. The second kappa shape index (κ2) is 9.88. The Morgan fingerprint density at radius 2 is 1.78 bits per heavy atom. The summed E-state index contributed by atoms with van der Waals surface area (Å²) in [5.74, 6) is 1.13. The average molecular weight is 453 g/mol. The van der Waals surface area contributed by atoms with Gasteiger partial charge in [-0.25, -0.2) is 4.79 Å². The Kier molecular flexibility index (Phi) is 6.96. The number of carbonyl (C=O) groups excluding carboxylic acids is 1. The van der Waals surface area contributed by atoms with Crippen molar-refractivity contribution in [2.24, 2.45) is 5.41 Å². The van der Waals surface area contributed by atoms with Gasteiger partial charge in [-0.2, -0.15) is 4.37 Å². The molecule has 0 bridgehead atoms. The van der Waals surface area contributed by atoms with Gasteiger partial charge in [0, 0.05) is 43.8 Å². The summed E-state index contributed by atoms with van der Waals surface area (Å²) >= 11 is 1.58. The number of rotatable bonds is 6. The molecule has 0 radical (unpaired) electrons. The van der Waals surface area contributed by atoms with Crippen LogP contribution in [-0.2, 0) is 11.2 Å². The van der Waals surface area contributed by atoms with E-state index in [9.17, 15) is 4.79 Å². The number of piperazine rings is 1. The molecule has 3 aromatic rings. The van der Waals surface area contributed by atoms with E-state index in [4.69, 9.17) is 9.11 Å². The van der Waals surface area contributed by atoms with Crippen molar-refractivity contribution in [2.75, 3.05) is 49.5 Å². The Balaban J connectivity index is 1.21. The van der Waals surface area contributed by atoms with Crippen LogP contribution in [0.4, 0.5) is 16.3 Å². The van der Waals surface area contributed by atoms with E-state index in [-0.39, 0.29) is 5.41 Å². The molecule has 1 aliphatic rings. The Morgan fingerprint density at radius 3 is 2.50 bits per heavy atom. The Labute approximate surface area is 194 Å². The number of nitrogens with zero attached hydrogens (tertiary/aromatic N) is 3. The number of benzene rings is 2. The summed E-state index contributed by atoms with van der Waals surface area (Å²) in [6.07, 6.45) is 0.590. The Morgan fingerprint density at radius 1 is 1.06 bits per heavy atom. The SMILES string of the molecule is CC(C)(C)COC(=O)Nc1ccc(CCN2CCN(c3nsc4ccccc34)CC2)cc1. The molecule has 0 atom stereocenters. The van der Waals surface area contributed by atoms with Crippen LogP contribution in [0.15, 0.2) is 48.5 Å². The molecule has 6 nitrogen and oxygen atoms in total. The molecule has 1 aliphatic heterocycles. The molecule has 170 valence electrons. The summed E-state index contributed by atoms with van der Waals surface area (Å²) in [5, 5.41) is 4.06. The molecule has 1 fully saturated rings. The number of fused-ring (bicyclic) bond motifs is 1. The minimum absolute atomic E-state index is 0.0410. The quantitative estimate of drug-likeness (QED) is 0.553. The van der Waals surface area contributed by atoms with Crippen molar-refractivity contribution in [1.29, 1.82) is 0 Å². The zero-order chi connectivity index (χ0) is 22.6. The van der Waals surface area contributed by atoms with Crippen molar-refractivity contribution in [3.8, 4) is 0 Å². The third-order valence-corrected chi connectivity index (χ3v) is 6.40. The van der Waals surface area contributed by atoms with Gasteiger partial charge in [-0.05, 0) is 53.2 Å². The van der Waals surface area contributed by atoms with Gasteiger partial charge in [-0.1, -0.05) is 45.0 Å². The van der Waals surface area contributed by atoms with Crippen LogP contribution in [0.3, 0.4) is 0 Å². The van der Waals surface area contributed by atoms with Crippen LogP contribution in [0.25, 0.3) is 10.1 Å². The van der Waals surface area contributed by atoms with Gasteiger partial charge >= 0.3 is 6.09 Å². The lowest BCUT2D eigenvalue weighted by atomic mass is 9.99. The fourth-order valence-corrected chi connectivity index (χ4v) is 4.56. The fraction of sp³-hybridized carbons (Fsp3) is 0.440. The highest BCUT2D eigenvalue weighted by molar-refractivity contribution is 7.13. The molecule has 2 heterocycles. The largest absolute Gasteiger partial charge is 0.449 e. The highest BCUT2D eigenvalue weighted by Gasteiger charge is 2.20. The maximum Gasteiger partial charge on any atom is 0.411 e. The summed E-state index contributed by atoms with van der Waals surface area (Å²) < 4.78 is 11.2. The lowest BCUT2D eigenvalue weighted by Crippen LogP contribution is -2.47. The van der Waals surface area contributed by atoms with E-state index in [0.29, 0.717) is 6.61 Å². The van der Waals surface area contributed by atoms with Gasteiger partial charge in [-0.15, -0.1) is 0 Å². The van der Waals surface area contributed by atoms with E-state index < -0.39 is 6.09 Å². The zero-order valence-corrected chi connectivity index (χ0v) is 20.0. The summed E-state index contributed by atoms with van der Waals surface area (Å²) in [6, 6.07) is 16.5. The van der Waals surface area contributed by atoms with Crippen LogP contribution in [-0.4, -0.2) is 54.7 Å².